The van der Waals surface area contributed by atoms with Gasteiger partial charge in [0.2, 0.25) is 5.91 Å². The van der Waals surface area contributed by atoms with Crippen LogP contribution in [0.1, 0.15) is 18.4 Å². The Hall–Kier alpha value is -2.28. The van der Waals surface area contributed by atoms with Crippen molar-refractivity contribution in [1.82, 2.24) is 4.90 Å². The molecule has 0 aliphatic carbocycles. The maximum atomic E-state index is 12.7. The highest BCUT2D eigenvalue weighted by Crippen LogP contribution is 2.32. The minimum Gasteiger partial charge on any atom is -0.497 e. The zero-order valence-electron chi connectivity index (χ0n) is 14.9. The fraction of sp³-hybridized carbons (Fsp3) is 0.556. The van der Waals surface area contributed by atoms with Gasteiger partial charge in [0.05, 0.1) is 27.2 Å². The summed E-state index contributed by atoms with van der Waals surface area (Å²) in [5.74, 6) is 0.188. The Kier molecular flexibility index (Phi) is 6.25. The molecule has 138 valence electrons. The molecular weight excluding hydrogens is 326 g/mol. The molecule has 1 N–H and O–H groups in total. The molecule has 1 amide bonds. The molecule has 2 rings (SSSR count). The summed E-state index contributed by atoms with van der Waals surface area (Å²) in [4.78, 5) is 26.1. The minimum absolute atomic E-state index is 0.0919. The van der Waals surface area contributed by atoms with Gasteiger partial charge in [0.15, 0.2) is 0 Å². The van der Waals surface area contributed by atoms with Crippen molar-refractivity contribution in [3.8, 4) is 11.5 Å². The van der Waals surface area contributed by atoms with Gasteiger partial charge in [0.25, 0.3) is 0 Å². The number of carbonyl (C=O) groups excluding carboxylic acids is 1. The molecule has 0 bridgehead atoms. The van der Waals surface area contributed by atoms with E-state index in [1.165, 1.54) is 7.11 Å². The van der Waals surface area contributed by atoms with Crippen LogP contribution in [-0.2, 0) is 20.7 Å². The number of amides is 1. The van der Waals surface area contributed by atoms with Crippen LogP contribution in [0.5, 0.6) is 11.5 Å². The van der Waals surface area contributed by atoms with Crippen LogP contribution in [0.15, 0.2) is 18.2 Å². The van der Waals surface area contributed by atoms with E-state index in [1.807, 2.05) is 0 Å². The van der Waals surface area contributed by atoms with Gasteiger partial charge in [0, 0.05) is 25.8 Å². The lowest BCUT2D eigenvalue weighted by molar-refractivity contribution is -0.159. The SMILES string of the molecule is COCC1(C(=O)O)CCCN(C(=O)Cc2cc(OC)ccc2OC)C1. The number of hydrogen-bond donors (Lipinski definition) is 1. The average molecular weight is 351 g/mol. The third-order valence-corrected chi connectivity index (χ3v) is 4.63. The first-order chi connectivity index (χ1) is 12.0. The van der Waals surface area contributed by atoms with E-state index in [-0.39, 0.29) is 25.5 Å². The number of aliphatic carboxylic acids is 1. The Morgan fingerprint density at radius 2 is 2.00 bits per heavy atom. The third kappa shape index (κ3) is 4.22. The Labute approximate surface area is 147 Å². The number of likely N-dealkylation sites (tertiary alicyclic amines) is 1. The zero-order valence-corrected chi connectivity index (χ0v) is 14.9. The van der Waals surface area contributed by atoms with Crippen LogP contribution in [0.2, 0.25) is 0 Å². The molecule has 7 nitrogen and oxygen atoms in total. The van der Waals surface area contributed by atoms with Crippen molar-refractivity contribution in [3.05, 3.63) is 23.8 Å². The second-order valence-corrected chi connectivity index (χ2v) is 6.29. The van der Waals surface area contributed by atoms with Crippen LogP contribution in [0.25, 0.3) is 0 Å². The van der Waals surface area contributed by atoms with Gasteiger partial charge in [-0.3, -0.25) is 9.59 Å². The van der Waals surface area contributed by atoms with Gasteiger partial charge in [0.1, 0.15) is 16.9 Å². The summed E-state index contributed by atoms with van der Waals surface area (Å²) >= 11 is 0. The number of benzene rings is 1. The zero-order chi connectivity index (χ0) is 18.4. The standard InChI is InChI=1S/C18H25NO6/c1-23-12-18(17(21)22)7-4-8-19(11-18)16(20)10-13-9-14(24-2)5-6-15(13)25-3/h5-6,9H,4,7-8,10-12H2,1-3H3,(H,21,22). The second kappa shape index (κ2) is 8.20. The van der Waals surface area contributed by atoms with Gasteiger partial charge in [-0.1, -0.05) is 0 Å². The van der Waals surface area contributed by atoms with E-state index in [2.05, 4.69) is 0 Å². The third-order valence-electron chi connectivity index (χ3n) is 4.63. The average Bonchev–Trinajstić information content (AvgIpc) is 2.61. The Bertz CT molecular complexity index is 628. The van der Waals surface area contributed by atoms with Crippen LogP contribution in [-0.4, -0.2) is 62.9 Å². The lowest BCUT2D eigenvalue weighted by Gasteiger charge is -2.39. The number of ether oxygens (including phenoxy) is 3. The predicted molar refractivity (Wildman–Crippen MR) is 91.0 cm³/mol. The van der Waals surface area contributed by atoms with E-state index in [0.717, 1.165) is 0 Å². The molecule has 1 unspecified atom stereocenters. The number of piperidine rings is 1. The van der Waals surface area contributed by atoms with Gasteiger partial charge < -0.3 is 24.2 Å². The van der Waals surface area contributed by atoms with Gasteiger partial charge in [-0.2, -0.15) is 0 Å². The Morgan fingerprint density at radius 1 is 1.24 bits per heavy atom. The quantitative estimate of drug-likeness (QED) is 0.803. The highest BCUT2D eigenvalue weighted by molar-refractivity contribution is 5.82. The second-order valence-electron chi connectivity index (χ2n) is 6.29. The number of carbonyl (C=O) groups is 2. The highest BCUT2D eigenvalue weighted by Gasteiger charge is 2.43. The highest BCUT2D eigenvalue weighted by atomic mass is 16.5. The first-order valence-corrected chi connectivity index (χ1v) is 8.17. The summed E-state index contributed by atoms with van der Waals surface area (Å²) in [6, 6.07) is 5.28. The molecule has 0 aromatic heterocycles. The van der Waals surface area contributed by atoms with E-state index in [9.17, 15) is 14.7 Å². The Balaban J connectivity index is 2.16. The largest absolute Gasteiger partial charge is 0.497 e. The molecule has 1 fully saturated rings. The maximum Gasteiger partial charge on any atom is 0.313 e. The summed E-state index contributed by atoms with van der Waals surface area (Å²) in [6.45, 7) is 0.791. The number of rotatable bonds is 7. The van der Waals surface area contributed by atoms with Crippen molar-refractivity contribution in [2.45, 2.75) is 19.3 Å². The summed E-state index contributed by atoms with van der Waals surface area (Å²) in [5.41, 5.74) is -0.328. The lowest BCUT2D eigenvalue weighted by atomic mass is 9.80. The molecule has 1 aromatic carbocycles. The first kappa shape index (κ1) is 19.1. The molecule has 0 saturated carbocycles. The lowest BCUT2D eigenvalue weighted by Crippen LogP contribution is -2.52. The van der Waals surface area contributed by atoms with E-state index in [0.29, 0.717) is 36.4 Å². The van der Waals surface area contributed by atoms with Gasteiger partial charge >= 0.3 is 5.97 Å². The minimum atomic E-state index is -1.04. The molecule has 0 radical (unpaired) electrons. The Morgan fingerprint density at radius 3 is 2.60 bits per heavy atom. The molecule has 1 aromatic rings. The van der Waals surface area contributed by atoms with Crippen molar-refractivity contribution in [3.63, 3.8) is 0 Å². The van der Waals surface area contributed by atoms with Crippen LogP contribution in [0, 0.1) is 5.41 Å². The smallest absolute Gasteiger partial charge is 0.313 e. The van der Waals surface area contributed by atoms with Gasteiger partial charge in [-0.15, -0.1) is 0 Å². The number of carboxylic acid groups (broad SMARTS) is 1. The summed E-state index contributed by atoms with van der Waals surface area (Å²) in [7, 11) is 4.58. The molecular formula is C18H25NO6. The van der Waals surface area contributed by atoms with Crippen LogP contribution in [0.4, 0.5) is 0 Å². The fourth-order valence-corrected chi connectivity index (χ4v) is 3.27. The summed E-state index contributed by atoms with van der Waals surface area (Å²) in [6.07, 6.45) is 1.27. The first-order valence-electron chi connectivity index (χ1n) is 8.17. The van der Waals surface area contributed by atoms with Crippen molar-refractivity contribution in [1.29, 1.82) is 0 Å². The van der Waals surface area contributed by atoms with Gasteiger partial charge in [-0.25, -0.2) is 0 Å². The van der Waals surface area contributed by atoms with E-state index < -0.39 is 11.4 Å². The van der Waals surface area contributed by atoms with Crippen molar-refractivity contribution >= 4 is 11.9 Å². The van der Waals surface area contributed by atoms with E-state index in [4.69, 9.17) is 14.2 Å². The maximum absolute atomic E-state index is 12.7. The number of methoxy groups -OCH3 is 3. The molecule has 1 aliphatic heterocycles. The predicted octanol–water partition coefficient (Wildman–Crippen LogP) is 1.59. The van der Waals surface area contributed by atoms with Crippen LogP contribution >= 0.6 is 0 Å². The number of hydrogen-bond acceptors (Lipinski definition) is 5. The monoisotopic (exact) mass is 351 g/mol. The molecule has 25 heavy (non-hydrogen) atoms. The molecule has 0 spiro atoms. The molecule has 1 atom stereocenters. The van der Waals surface area contributed by atoms with E-state index in [1.54, 1.807) is 37.3 Å². The number of carboxylic acids is 1. The van der Waals surface area contributed by atoms with Crippen molar-refractivity contribution < 1.29 is 28.9 Å². The van der Waals surface area contributed by atoms with Crippen molar-refractivity contribution in [2.24, 2.45) is 5.41 Å². The molecule has 1 saturated heterocycles. The fourth-order valence-electron chi connectivity index (χ4n) is 3.27. The van der Waals surface area contributed by atoms with E-state index >= 15 is 0 Å². The number of nitrogens with zero attached hydrogens (tertiary/aromatic N) is 1. The topological polar surface area (TPSA) is 85.3 Å². The summed E-state index contributed by atoms with van der Waals surface area (Å²) < 4.78 is 15.6. The van der Waals surface area contributed by atoms with Crippen molar-refractivity contribution in [2.75, 3.05) is 41.0 Å². The van der Waals surface area contributed by atoms with Crippen LogP contribution in [0.3, 0.4) is 0 Å². The molecule has 7 heteroatoms. The molecule has 1 heterocycles. The summed E-state index contributed by atoms with van der Waals surface area (Å²) in [5, 5.41) is 9.61. The molecule has 1 aliphatic rings. The van der Waals surface area contributed by atoms with Gasteiger partial charge in [-0.05, 0) is 31.0 Å². The van der Waals surface area contributed by atoms with Crippen LogP contribution < -0.4 is 9.47 Å². The normalized spacial score (nSPS) is 20.2.